The van der Waals surface area contributed by atoms with Crippen LogP contribution in [0.5, 0.6) is 0 Å². The smallest absolute Gasteiger partial charge is 0.0159 e. The minimum atomic E-state index is 0.640. The van der Waals surface area contributed by atoms with Gasteiger partial charge in [-0.2, -0.15) is 0 Å². The van der Waals surface area contributed by atoms with Gasteiger partial charge < -0.3 is 0 Å². The molecule has 0 heteroatoms. The van der Waals surface area contributed by atoms with Crippen molar-refractivity contribution in [1.29, 1.82) is 0 Å². The van der Waals surface area contributed by atoms with Gasteiger partial charge in [0.25, 0.3) is 0 Å². The van der Waals surface area contributed by atoms with E-state index in [1.807, 2.05) is 0 Å². The lowest BCUT2D eigenvalue weighted by molar-refractivity contribution is 0.664. The molecule has 0 heterocycles. The minimum Gasteiger partial charge on any atom is -0.0648 e. The molecular formula is C13H19. The van der Waals surface area contributed by atoms with Gasteiger partial charge in [-0.1, -0.05) is 32.0 Å². The highest BCUT2D eigenvalue weighted by molar-refractivity contribution is 5.36. The summed E-state index contributed by atoms with van der Waals surface area (Å²) in [4.78, 5) is 0. The van der Waals surface area contributed by atoms with Crippen LogP contribution >= 0.6 is 0 Å². The predicted octanol–water partition coefficient (Wildman–Crippen LogP) is 4.02. The van der Waals surface area contributed by atoms with Crippen molar-refractivity contribution >= 4 is 0 Å². The van der Waals surface area contributed by atoms with Crippen LogP contribution in [-0.2, 0) is 0 Å². The van der Waals surface area contributed by atoms with E-state index in [4.69, 9.17) is 0 Å². The Morgan fingerprint density at radius 3 is 2.15 bits per heavy atom. The van der Waals surface area contributed by atoms with Crippen LogP contribution in [0.2, 0.25) is 0 Å². The van der Waals surface area contributed by atoms with Crippen molar-refractivity contribution in [2.75, 3.05) is 0 Å². The Labute approximate surface area is 82.0 Å². The molecule has 0 aromatic heterocycles. The monoisotopic (exact) mass is 175 g/mol. The van der Waals surface area contributed by atoms with Gasteiger partial charge in [0.05, 0.1) is 0 Å². The lowest BCUT2D eigenvalue weighted by Gasteiger charge is -2.18. The third-order valence-corrected chi connectivity index (χ3v) is 2.79. The summed E-state index contributed by atoms with van der Waals surface area (Å²) in [6.45, 7) is 10.6. The van der Waals surface area contributed by atoms with Crippen LogP contribution in [0.3, 0.4) is 0 Å². The fraction of sp³-hybridized carbons (Fsp3) is 0.462. The average Bonchev–Trinajstić information content (AvgIpc) is 2.11. The third-order valence-electron chi connectivity index (χ3n) is 2.79. The molecule has 0 bridgehead atoms. The van der Waals surface area contributed by atoms with E-state index in [0.717, 1.165) is 6.42 Å². The number of hydrogen-bond donors (Lipinski definition) is 0. The van der Waals surface area contributed by atoms with Gasteiger partial charge in [0, 0.05) is 0 Å². The van der Waals surface area contributed by atoms with E-state index in [1.54, 1.807) is 0 Å². The van der Waals surface area contributed by atoms with E-state index in [0.29, 0.717) is 5.92 Å². The summed E-state index contributed by atoms with van der Waals surface area (Å²) in [6.07, 6.45) is 2.19. The SMILES string of the molecule is [CH2]CC(CC)c1c(C)cccc1C. The van der Waals surface area contributed by atoms with Gasteiger partial charge in [-0.05, 0) is 49.3 Å². The van der Waals surface area contributed by atoms with Crippen LogP contribution in [0.1, 0.15) is 42.4 Å². The molecule has 0 amide bonds. The molecule has 0 saturated heterocycles. The Balaban J connectivity index is 3.10. The van der Waals surface area contributed by atoms with E-state index in [9.17, 15) is 0 Å². The van der Waals surface area contributed by atoms with Crippen LogP contribution in [0.4, 0.5) is 0 Å². The molecule has 0 aliphatic carbocycles. The average molecular weight is 175 g/mol. The van der Waals surface area contributed by atoms with E-state index in [-0.39, 0.29) is 0 Å². The Hall–Kier alpha value is -0.780. The van der Waals surface area contributed by atoms with Crippen molar-refractivity contribution in [3.8, 4) is 0 Å². The number of rotatable bonds is 3. The number of hydrogen-bond acceptors (Lipinski definition) is 0. The largest absolute Gasteiger partial charge is 0.0648 e. The van der Waals surface area contributed by atoms with Gasteiger partial charge in [-0.25, -0.2) is 0 Å². The van der Waals surface area contributed by atoms with Crippen LogP contribution in [0.25, 0.3) is 0 Å². The van der Waals surface area contributed by atoms with Gasteiger partial charge in [0.15, 0.2) is 0 Å². The fourth-order valence-corrected chi connectivity index (χ4v) is 2.02. The molecule has 13 heavy (non-hydrogen) atoms. The molecule has 1 aromatic rings. The molecular weight excluding hydrogens is 156 g/mol. The maximum Gasteiger partial charge on any atom is -0.0159 e. The lowest BCUT2D eigenvalue weighted by atomic mass is 9.87. The van der Waals surface area contributed by atoms with Crippen molar-refractivity contribution in [2.24, 2.45) is 0 Å². The molecule has 0 fully saturated rings. The summed E-state index contributed by atoms with van der Waals surface area (Å²) >= 11 is 0. The quantitative estimate of drug-likeness (QED) is 0.651. The summed E-state index contributed by atoms with van der Waals surface area (Å²) in [5, 5.41) is 0. The summed E-state index contributed by atoms with van der Waals surface area (Å²) in [7, 11) is 0. The second-order valence-corrected chi connectivity index (χ2v) is 3.70. The van der Waals surface area contributed by atoms with Crippen molar-refractivity contribution in [1.82, 2.24) is 0 Å². The molecule has 0 saturated carbocycles. The van der Waals surface area contributed by atoms with Gasteiger partial charge in [0.2, 0.25) is 0 Å². The zero-order valence-corrected chi connectivity index (χ0v) is 8.93. The summed E-state index contributed by atoms with van der Waals surface area (Å²) in [6, 6.07) is 6.52. The van der Waals surface area contributed by atoms with Crippen molar-refractivity contribution < 1.29 is 0 Å². The molecule has 0 spiro atoms. The first-order valence-corrected chi connectivity index (χ1v) is 5.06. The molecule has 1 aromatic carbocycles. The Morgan fingerprint density at radius 1 is 1.23 bits per heavy atom. The van der Waals surface area contributed by atoms with E-state index >= 15 is 0 Å². The molecule has 71 valence electrons. The molecule has 1 rings (SSSR count). The number of aryl methyl sites for hydroxylation is 2. The number of benzene rings is 1. The Kier molecular flexibility index (Phi) is 3.53. The van der Waals surface area contributed by atoms with Gasteiger partial charge >= 0.3 is 0 Å². The van der Waals surface area contributed by atoms with Gasteiger partial charge in [-0.15, -0.1) is 0 Å². The van der Waals surface area contributed by atoms with Gasteiger partial charge in [0.1, 0.15) is 0 Å². The zero-order valence-electron chi connectivity index (χ0n) is 8.93. The van der Waals surface area contributed by atoms with Crippen LogP contribution in [0.15, 0.2) is 18.2 Å². The third kappa shape index (κ3) is 2.12. The van der Waals surface area contributed by atoms with Crippen LogP contribution in [0, 0.1) is 20.8 Å². The first-order valence-electron chi connectivity index (χ1n) is 5.06. The van der Waals surface area contributed by atoms with Gasteiger partial charge in [-0.3, -0.25) is 0 Å². The molecule has 1 unspecified atom stereocenters. The van der Waals surface area contributed by atoms with E-state index in [1.165, 1.54) is 23.1 Å². The molecule has 1 atom stereocenters. The van der Waals surface area contributed by atoms with Crippen molar-refractivity contribution in [3.05, 3.63) is 41.8 Å². The predicted molar refractivity (Wildman–Crippen MR) is 58.9 cm³/mol. The first-order chi connectivity index (χ1) is 6.20. The van der Waals surface area contributed by atoms with Crippen molar-refractivity contribution in [3.63, 3.8) is 0 Å². The maximum atomic E-state index is 4.02. The second kappa shape index (κ2) is 4.45. The maximum absolute atomic E-state index is 4.02. The molecule has 0 aliphatic rings. The van der Waals surface area contributed by atoms with E-state index < -0.39 is 0 Å². The molecule has 0 N–H and O–H groups in total. The summed E-state index contributed by atoms with van der Waals surface area (Å²) in [5.41, 5.74) is 4.34. The molecule has 1 radical (unpaired) electrons. The fourth-order valence-electron chi connectivity index (χ4n) is 2.02. The van der Waals surface area contributed by atoms with Crippen molar-refractivity contribution in [2.45, 2.75) is 39.5 Å². The van der Waals surface area contributed by atoms with E-state index in [2.05, 4.69) is 45.9 Å². The first kappa shape index (κ1) is 10.3. The topological polar surface area (TPSA) is 0 Å². The Morgan fingerprint density at radius 2 is 1.77 bits per heavy atom. The Bertz CT molecular complexity index is 249. The molecule has 0 aliphatic heterocycles. The summed E-state index contributed by atoms with van der Waals surface area (Å²) < 4.78 is 0. The highest BCUT2D eigenvalue weighted by Crippen LogP contribution is 2.28. The standard InChI is InChI=1S/C13H19/c1-5-12(6-2)13-10(3)8-7-9-11(13)4/h7-9,12H,1,5-6H2,2-4H3. The minimum absolute atomic E-state index is 0.640. The normalized spacial score (nSPS) is 10.8. The highest BCUT2D eigenvalue weighted by Gasteiger charge is 2.11. The molecule has 0 nitrogen and oxygen atoms in total. The second-order valence-electron chi connectivity index (χ2n) is 3.70. The van der Waals surface area contributed by atoms with Crippen LogP contribution in [-0.4, -0.2) is 0 Å². The highest BCUT2D eigenvalue weighted by atomic mass is 14.2. The summed E-state index contributed by atoms with van der Waals surface area (Å²) in [5.74, 6) is 0.640. The lowest BCUT2D eigenvalue weighted by Crippen LogP contribution is -2.01. The zero-order chi connectivity index (χ0) is 9.84. The van der Waals surface area contributed by atoms with Crippen LogP contribution < -0.4 is 0 Å².